The van der Waals surface area contributed by atoms with E-state index in [2.05, 4.69) is 52.1 Å². The van der Waals surface area contributed by atoms with E-state index >= 15 is 0 Å². The Morgan fingerprint density at radius 1 is 1.21 bits per heavy atom. The molecule has 2 heterocycles. The molecule has 1 saturated heterocycles. The predicted molar refractivity (Wildman–Crippen MR) is 106 cm³/mol. The third-order valence-electron chi connectivity index (χ3n) is 5.16. The highest BCUT2D eigenvalue weighted by molar-refractivity contribution is 9.10. The molecule has 0 N–H and O–H groups in total. The lowest BCUT2D eigenvalue weighted by atomic mass is 10.1. The Hall–Kier alpha value is -2.54. The molecule has 0 radical (unpaired) electrons. The number of aryl methyl sites for hydroxylation is 2. The molecular formula is C21H19BrFN3O2. The third kappa shape index (κ3) is 3.58. The number of hydrogen-bond acceptors (Lipinski definition) is 4. The van der Waals surface area contributed by atoms with Gasteiger partial charge in [-0.05, 0) is 71.1 Å². The Morgan fingerprint density at radius 3 is 2.79 bits per heavy atom. The molecule has 5 nitrogen and oxygen atoms in total. The largest absolute Gasteiger partial charge is 0.337 e. The summed E-state index contributed by atoms with van der Waals surface area (Å²) in [4.78, 5) is 18.7. The minimum atomic E-state index is -0.353. The standard InChI is InChI=1S/C21H19BrFN3O2/c1-12-3-4-14(9-13(12)2)11-26-18(7-8-19(26)27)21-24-20(25-28-21)15-5-6-17(23)16(22)10-15/h3-6,9-10,18H,7-8,11H2,1-2H3. The molecule has 144 valence electrons. The maximum atomic E-state index is 13.5. The molecule has 1 aliphatic rings. The summed E-state index contributed by atoms with van der Waals surface area (Å²) in [7, 11) is 0. The van der Waals surface area contributed by atoms with Crippen LogP contribution in [-0.4, -0.2) is 20.9 Å². The van der Waals surface area contributed by atoms with E-state index in [0.29, 0.717) is 41.1 Å². The first-order valence-electron chi connectivity index (χ1n) is 9.07. The van der Waals surface area contributed by atoms with Crippen molar-refractivity contribution in [2.75, 3.05) is 0 Å². The summed E-state index contributed by atoms with van der Waals surface area (Å²) in [6, 6.07) is 10.5. The molecule has 0 bridgehead atoms. The zero-order chi connectivity index (χ0) is 19.8. The number of carbonyl (C=O) groups excluding carboxylic acids is 1. The number of rotatable bonds is 4. The fraction of sp³-hybridized carbons (Fsp3) is 0.286. The van der Waals surface area contributed by atoms with E-state index < -0.39 is 0 Å². The normalized spacial score (nSPS) is 16.8. The van der Waals surface area contributed by atoms with Gasteiger partial charge in [-0.3, -0.25) is 4.79 Å². The average molecular weight is 444 g/mol. The second kappa shape index (κ2) is 7.47. The summed E-state index contributed by atoms with van der Waals surface area (Å²) in [5, 5.41) is 4.03. The molecule has 1 fully saturated rings. The van der Waals surface area contributed by atoms with E-state index in [1.54, 1.807) is 17.0 Å². The highest BCUT2D eigenvalue weighted by atomic mass is 79.9. The summed E-state index contributed by atoms with van der Waals surface area (Å²) in [5.41, 5.74) is 4.14. The number of benzene rings is 2. The minimum Gasteiger partial charge on any atom is -0.337 e. The predicted octanol–water partition coefficient (Wildman–Crippen LogP) is 5.12. The van der Waals surface area contributed by atoms with Crippen LogP contribution in [0.5, 0.6) is 0 Å². The highest BCUT2D eigenvalue weighted by Gasteiger charge is 2.36. The van der Waals surface area contributed by atoms with E-state index in [9.17, 15) is 9.18 Å². The molecule has 2 aromatic carbocycles. The van der Waals surface area contributed by atoms with Crippen LogP contribution in [0.2, 0.25) is 0 Å². The van der Waals surface area contributed by atoms with Crippen LogP contribution in [0.25, 0.3) is 11.4 Å². The topological polar surface area (TPSA) is 59.2 Å². The molecule has 7 heteroatoms. The molecule has 0 aliphatic carbocycles. The lowest BCUT2D eigenvalue weighted by molar-refractivity contribution is -0.129. The Labute approximate surface area is 170 Å². The monoisotopic (exact) mass is 443 g/mol. The fourth-order valence-corrected chi connectivity index (χ4v) is 3.79. The van der Waals surface area contributed by atoms with Crippen LogP contribution >= 0.6 is 15.9 Å². The van der Waals surface area contributed by atoms with Crippen molar-refractivity contribution in [2.45, 2.75) is 39.3 Å². The zero-order valence-electron chi connectivity index (χ0n) is 15.6. The van der Waals surface area contributed by atoms with Crippen LogP contribution in [0.15, 0.2) is 45.4 Å². The molecule has 1 aliphatic heterocycles. The van der Waals surface area contributed by atoms with Gasteiger partial charge in [0.25, 0.3) is 0 Å². The van der Waals surface area contributed by atoms with Crippen LogP contribution < -0.4 is 0 Å². The molecule has 4 rings (SSSR count). The van der Waals surface area contributed by atoms with Crippen molar-refractivity contribution in [1.29, 1.82) is 0 Å². The van der Waals surface area contributed by atoms with Crippen LogP contribution in [0.4, 0.5) is 4.39 Å². The van der Waals surface area contributed by atoms with Crippen LogP contribution in [0, 0.1) is 19.7 Å². The number of likely N-dealkylation sites (tertiary alicyclic amines) is 1. The Balaban J connectivity index is 1.59. The maximum absolute atomic E-state index is 13.5. The molecule has 1 aromatic heterocycles. The molecule has 1 unspecified atom stereocenters. The van der Waals surface area contributed by atoms with Gasteiger partial charge < -0.3 is 9.42 Å². The van der Waals surface area contributed by atoms with Gasteiger partial charge in [-0.25, -0.2) is 4.39 Å². The van der Waals surface area contributed by atoms with Crippen molar-refractivity contribution in [1.82, 2.24) is 15.0 Å². The molecule has 1 atom stereocenters. The van der Waals surface area contributed by atoms with Gasteiger partial charge in [-0.1, -0.05) is 23.4 Å². The molecule has 0 saturated carbocycles. The van der Waals surface area contributed by atoms with Gasteiger partial charge in [0.1, 0.15) is 11.9 Å². The SMILES string of the molecule is Cc1ccc(CN2C(=O)CCC2c2nc(-c3ccc(F)c(Br)c3)no2)cc1C. The molecular weight excluding hydrogens is 425 g/mol. The number of halogens is 2. The maximum Gasteiger partial charge on any atom is 0.249 e. The highest BCUT2D eigenvalue weighted by Crippen LogP contribution is 2.34. The van der Waals surface area contributed by atoms with Gasteiger partial charge in [0.15, 0.2) is 0 Å². The fourth-order valence-electron chi connectivity index (χ4n) is 3.41. The summed E-state index contributed by atoms with van der Waals surface area (Å²) < 4.78 is 19.3. The van der Waals surface area contributed by atoms with E-state index in [-0.39, 0.29) is 17.8 Å². The van der Waals surface area contributed by atoms with Crippen LogP contribution in [0.1, 0.15) is 41.5 Å². The van der Waals surface area contributed by atoms with E-state index in [4.69, 9.17) is 4.52 Å². The first kappa shape index (κ1) is 18.8. The van der Waals surface area contributed by atoms with Gasteiger partial charge in [0.05, 0.1) is 4.47 Å². The third-order valence-corrected chi connectivity index (χ3v) is 5.76. The van der Waals surface area contributed by atoms with E-state index in [1.165, 1.54) is 17.2 Å². The Morgan fingerprint density at radius 2 is 2.04 bits per heavy atom. The lowest BCUT2D eigenvalue weighted by Gasteiger charge is -2.22. The van der Waals surface area contributed by atoms with Crippen molar-refractivity contribution >= 4 is 21.8 Å². The molecule has 0 spiro atoms. The summed E-state index contributed by atoms with van der Waals surface area (Å²) in [6.07, 6.45) is 1.09. The van der Waals surface area contributed by atoms with Crippen LogP contribution in [0.3, 0.4) is 0 Å². The number of aromatic nitrogens is 2. The van der Waals surface area contributed by atoms with Crippen molar-refractivity contribution in [3.63, 3.8) is 0 Å². The second-order valence-electron chi connectivity index (χ2n) is 7.08. The number of amides is 1. The summed E-state index contributed by atoms with van der Waals surface area (Å²) in [5.74, 6) is 0.507. The van der Waals surface area contributed by atoms with Crippen molar-refractivity contribution < 1.29 is 13.7 Å². The smallest absolute Gasteiger partial charge is 0.249 e. The average Bonchev–Trinajstić information content (AvgIpc) is 3.28. The lowest BCUT2D eigenvalue weighted by Crippen LogP contribution is -2.27. The number of carbonyl (C=O) groups is 1. The second-order valence-corrected chi connectivity index (χ2v) is 7.93. The Bertz CT molecular complexity index is 1050. The summed E-state index contributed by atoms with van der Waals surface area (Å²) in [6.45, 7) is 4.63. The molecule has 1 amide bonds. The van der Waals surface area contributed by atoms with Gasteiger partial charge in [-0.15, -0.1) is 0 Å². The van der Waals surface area contributed by atoms with Gasteiger partial charge in [-0.2, -0.15) is 4.98 Å². The zero-order valence-corrected chi connectivity index (χ0v) is 17.2. The minimum absolute atomic E-state index is 0.0764. The van der Waals surface area contributed by atoms with Crippen molar-refractivity contribution in [3.8, 4) is 11.4 Å². The van der Waals surface area contributed by atoms with Gasteiger partial charge in [0, 0.05) is 18.5 Å². The number of hydrogen-bond donors (Lipinski definition) is 0. The number of nitrogens with zero attached hydrogens (tertiary/aromatic N) is 3. The van der Waals surface area contributed by atoms with E-state index in [0.717, 1.165) is 5.56 Å². The quantitative estimate of drug-likeness (QED) is 0.561. The van der Waals surface area contributed by atoms with Crippen molar-refractivity contribution in [3.05, 3.63) is 69.3 Å². The molecule has 3 aromatic rings. The van der Waals surface area contributed by atoms with Gasteiger partial charge >= 0.3 is 0 Å². The van der Waals surface area contributed by atoms with Crippen LogP contribution in [-0.2, 0) is 11.3 Å². The first-order valence-corrected chi connectivity index (χ1v) is 9.86. The van der Waals surface area contributed by atoms with E-state index in [1.807, 2.05) is 6.07 Å². The van der Waals surface area contributed by atoms with Crippen molar-refractivity contribution in [2.24, 2.45) is 0 Å². The van der Waals surface area contributed by atoms with Gasteiger partial charge in [0.2, 0.25) is 17.6 Å². The first-order chi connectivity index (χ1) is 13.4. The molecule has 28 heavy (non-hydrogen) atoms. The Kier molecular flexibility index (Phi) is 5.02. The summed E-state index contributed by atoms with van der Waals surface area (Å²) >= 11 is 3.17.